The SMILES string of the molecule is CCCCCCCCCC/C=C\CCCCCCCCCCCC(=O)OC(COC(=O)CCCCCCCCCCCCCCCCCCCC)COC(=O)CCCCCCCCCCCCCCCCCCCCCCCCCCCC. The molecular formula is C77H148O6. The fraction of sp³-hybridized carbons (Fsp3) is 0.935. The van der Waals surface area contributed by atoms with Crippen LogP contribution in [-0.2, 0) is 28.6 Å². The highest BCUT2D eigenvalue weighted by molar-refractivity contribution is 5.71. The van der Waals surface area contributed by atoms with Crippen molar-refractivity contribution in [1.29, 1.82) is 0 Å². The van der Waals surface area contributed by atoms with Gasteiger partial charge in [-0.3, -0.25) is 14.4 Å². The molecule has 0 aromatic carbocycles. The van der Waals surface area contributed by atoms with Gasteiger partial charge in [0.25, 0.3) is 0 Å². The quantitative estimate of drug-likeness (QED) is 0.0261. The first-order chi connectivity index (χ1) is 41.0. The lowest BCUT2D eigenvalue weighted by atomic mass is 10.0. The van der Waals surface area contributed by atoms with Gasteiger partial charge in [0.2, 0.25) is 0 Å². The van der Waals surface area contributed by atoms with E-state index in [9.17, 15) is 14.4 Å². The summed E-state index contributed by atoms with van der Waals surface area (Å²) < 4.78 is 17.1. The number of ether oxygens (including phenoxy) is 3. The van der Waals surface area contributed by atoms with Crippen molar-refractivity contribution in [3.8, 4) is 0 Å². The minimum Gasteiger partial charge on any atom is -0.462 e. The van der Waals surface area contributed by atoms with Crippen LogP contribution in [0.5, 0.6) is 0 Å². The number of rotatable bonds is 72. The summed E-state index contributed by atoms with van der Waals surface area (Å²) in [5, 5.41) is 0. The molecule has 0 saturated carbocycles. The first-order valence-electron chi connectivity index (χ1n) is 38.2. The van der Waals surface area contributed by atoms with Crippen LogP contribution in [0.3, 0.4) is 0 Å². The standard InChI is InChI=1S/C77H148O6/c1-4-7-10-13-16-19-22-25-28-31-34-36-37-38-39-40-42-43-46-49-52-55-58-61-64-67-70-76(79)82-73-74(72-81-75(78)69-66-63-60-57-54-51-48-45-33-30-27-24-21-18-15-12-9-6-3)83-77(80)71-68-65-62-59-56-53-50-47-44-41-35-32-29-26-23-20-17-14-11-8-5-2/h32,35,74H,4-31,33-34,36-73H2,1-3H3/b35-32-. The molecule has 0 aliphatic rings. The molecule has 0 aromatic heterocycles. The summed E-state index contributed by atoms with van der Waals surface area (Å²) in [6.07, 6.45) is 88.3. The van der Waals surface area contributed by atoms with Gasteiger partial charge in [-0.15, -0.1) is 0 Å². The molecule has 0 aliphatic heterocycles. The molecule has 0 spiro atoms. The Kier molecular flexibility index (Phi) is 71.0. The maximum Gasteiger partial charge on any atom is 0.306 e. The fourth-order valence-corrected chi connectivity index (χ4v) is 12.0. The van der Waals surface area contributed by atoms with Crippen LogP contribution in [0, 0.1) is 0 Å². The normalized spacial score (nSPS) is 12.0. The molecule has 0 saturated heterocycles. The van der Waals surface area contributed by atoms with Gasteiger partial charge in [0.05, 0.1) is 0 Å². The predicted octanol–water partition coefficient (Wildman–Crippen LogP) is 26.3. The van der Waals surface area contributed by atoms with E-state index in [2.05, 4.69) is 32.9 Å². The summed E-state index contributed by atoms with van der Waals surface area (Å²) in [6.45, 7) is 6.75. The topological polar surface area (TPSA) is 78.9 Å². The van der Waals surface area contributed by atoms with Crippen molar-refractivity contribution in [2.75, 3.05) is 13.2 Å². The Hall–Kier alpha value is -1.85. The Bertz CT molecular complexity index is 1300. The highest BCUT2D eigenvalue weighted by Crippen LogP contribution is 2.20. The van der Waals surface area contributed by atoms with Crippen LogP contribution in [0.2, 0.25) is 0 Å². The van der Waals surface area contributed by atoms with Gasteiger partial charge in [-0.2, -0.15) is 0 Å². The second-order valence-corrected chi connectivity index (χ2v) is 26.3. The number of hydrogen-bond donors (Lipinski definition) is 0. The zero-order chi connectivity index (χ0) is 59.9. The van der Waals surface area contributed by atoms with E-state index in [1.807, 2.05) is 0 Å². The lowest BCUT2D eigenvalue weighted by Crippen LogP contribution is -2.30. The van der Waals surface area contributed by atoms with Crippen LogP contribution < -0.4 is 0 Å². The van der Waals surface area contributed by atoms with Gasteiger partial charge in [0.15, 0.2) is 6.10 Å². The van der Waals surface area contributed by atoms with Crippen LogP contribution in [0.1, 0.15) is 445 Å². The fourth-order valence-electron chi connectivity index (χ4n) is 12.0. The van der Waals surface area contributed by atoms with Crippen molar-refractivity contribution < 1.29 is 28.6 Å². The van der Waals surface area contributed by atoms with E-state index in [4.69, 9.17) is 14.2 Å². The molecule has 0 amide bonds. The second-order valence-electron chi connectivity index (χ2n) is 26.3. The van der Waals surface area contributed by atoms with E-state index < -0.39 is 6.10 Å². The molecule has 83 heavy (non-hydrogen) atoms. The average Bonchev–Trinajstić information content (AvgIpc) is 3.50. The second kappa shape index (κ2) is 72.6. The molecule has 0 bridgehead atoms. The Morgan fingerprint density at radius 3 is 0.602 bits per heavy atom. The summed E-state index contributed by atoms with van der Waals surface area (Å²) in [5.74, 6) is -0.824. The van der Waals surface area contributed by atoms with Crippen LogP contribution in [0.15, 0.2) is 12.2 Å². The monoisotopic (exact) mass is 1170 g/mol. The molecule has 0 aliphatic carbocycles. The zero-order valence-corrected chi connectivity index (χ0v) is 56.8. The van der Waals surface area contributed by atoms with Gasteiger partial charge in [0.1, 0.15) is 13.2 Å². The minimum atomic E-state index is -0.768. The van der Waals surface area contributed by atoms with Gasteiger partial charge in [-0.05, 0) is 44.9 Å². The van der Waals surface area contributed by atoms with Crippen LogP contribution >= 0.6 is 0 Å². The Morgan fingerprint density at radius 1 is 0.229 bits per heavy atom. The zero-order valence-electron chi connectivity index (χ0n) is 56.8. The maximum absolute atomic E-state index is 13.0. The molecule has 492 valence electrons. The lowest BCUT2D eigenvalue weighted by molar-refractivity contribution is -0.167. The van der Waals surface area contributed by atoms with Crippen molar-refractivity contribution in [3.63, 3.8) is 0 Å². The summed E-state index contributed by atoms with van der Waals surface area (Å²) in [5.41, 5.74) is 0. The van der Waals surface area contributed by atoms with Crippen LogP contribution in [-0.4, -0.2) is 37.2 Å². The van der Waals surface area contributed by atoms with Gasteiger partial charge >= 0.3 is 17.9 Å². The predicted molar refractivity (Wildman–Crippen MR) is 363 cm³/mol. The van der Waals surface area contributed by atoms with Crippen molar-refractivity contribution in [2.45, 2.75) is 451 Å². The van der Waals surface area contributed by atoms with Crippen molar-refractivity contribution in [1.82, 2.24) is 0 Å². The Labute approximate surface area is 520 Å². The largest absolute Gasteiger partial charge is 0.462 e. The summed E-state index contributed by atoms with van der Waals surface area (Å²) >= 11 is 0. The highest BCUT2D eigenvalue weighted by Gasteiger charge is 2.20. The third-order valence-electron chi connectivity index (χ3n) is 17.8. The minimum absolute atomic E-state index is 0.0634. The molecule has 6 nitrogen and oxygen atoms in total. The Morgan fingerprint density at radius 2 is 0.398 bits per heavy atom. The smallest absolute Gasteiger partial charge is 0.306 e. The molecule has 6 heteroatoms. The number of allylic oxidation sites excluding steroid dienone is 2. The molecule has 0 radical (unpaired) electrons. The van der Waals surface area contributed by atoms with Crippen LogP contribution in [0.4, 0.5) is 0 Å². The molecule has 0 fully saturated rings. The lowest BCUT2D eigenvalue weighted by Gasteiger charge is -2.18. The molecule has 0 heterocycles. The molecule has 0 N–H and O–H groups in total. The van der Waals surface area contributed by atoms with Crippen molar-refractivity contribution in [3.05, 3.63) is 12.2 Å². The number of esters is 3. The van der Waals surface area contributed by atoms with E-state index in [0.717, 1.165) is 57.8 Å². The van der Waals surface area contributed by atoms with Crippen LogP contribution in [0.25, 0.3) is 0 Å². The first kappa shape index (κ1) is 81.2. The molecule has 0 rings (SSSR count). The summed E-state index contributed by atoms with van der Waals surface area (Å²) in [6, 6.07) is 0. The van der Waals surface area contributed by atoms with Crippen molar-refractivity contribution in [2.24, 2.45) is 0 Å². The van der Waals surface area contributed by atoms with E-state index in [1.54, 1.807) is 0 Å². The molecule has 1 atom stereocenters. The van der Waals surface area contributed by atoms with Gasteiger partial charge in [0, 0.05) is 19.3 Å². The summed E-state index contributed by atoms with van der Waals surface area (Å²) in [4.78, 5) is 38.6. The number of unbranched alkanes of at least 4 members (excludes halogenated alkanes) is 59. The van der Waals surface area contributed by atoms with E-state index in [0.29, 0.717) is 19.3 Å². The number of carbonyl (C=O) groups excluding carboxylic acids is 3. The number of hydrogen-bond acceptors (Lipinski definition) is 6. The molecule has 0 aromatic rings. The van der Waals surface area contributed by atoms with E-state index in [1.165, 1.54) is 347 Å². The highest BCUT2D eigenvalue weighted by atomic mass is 16.6. The molecular weight excluding hydrogens is 1020 g/mol. The third-order valence-corrected chi connectivity index (χ3v) is 17.8. The van der Waals surface area contributed by atoms with Gasteiger partial charge in [-0.25, -0.2) is 0 Å². The maximum atomic E-state index is 13.0. The summed E-state index contributed by atoms with van der Waals surface area (Å²) in [7, 11) is 0. The van der Waals surface area contributed by atoms with Gasteiger partial charge < -0.3 is 14.2 Å². The third kappa shape index (κ3) is 70.8. The number of carbonyl (C=O) groups is 3. The van der Waals surface area contributed by atoms with Gasteiger partial charge in [-0.1, -0.05) is 392 Å². The molecule has 1 unspecified atom stereocenters. The van der Waals surface area contributed by atoms with E-state index >= 15 is 0 Å². The average molecular weight is 1170 g/mol. The first-order valence-corrected chi connectivity index (χ1v) is 38.2. The van der Waals surface area contributed by atoms with Crippen molar-refractivity contribution >= 4 is 17.9 Å². The van der Waals surface area contributed by atoms with E-state index in [-0.39, 0.29) is 31.1 Å². The Balaban J connectivity index is 4.25.